The van der Waals surface area contributed by atoms with Crippen molar-refractivity contribution in [1.82, 2.24) is 10.3 Å². The Morgan fingerprint density at radius 3 is 2.80 bits per heavy atom. The standard InChI is InChI=1S/C18H18N2O5/c1-24-16(22)9-19-15(21)10-25-18(23)17-11-5-2-3-7-13(11)20-14-8-4-6-12(14)17/h2-3,5,7H,4,6,8-10H2,1H3,(H,19,21). The minimum Gasteiger partial charge on any atom is -0.468 e. The van der Waals surface area contributed by atoms with E-state index in [9.17, 15) is 14.4 Å². The van der Waals surface area contributed by atoms with E-state index in [0.29, 0.717) is 5.56 Å². The van der Waals surface area contributed by atoms with Crippen LogP contribution in [0.2, 0.25) is 0 Å². The number of pyridine rings is 1. The number of rotatable bonds is 5. The Kier molecular flexibility index (Phi) is 4.92. The molecule has 0 saturated heterocycles. The van der Waals surface area contributed by atoms with Gasteiger partial charge in [-0.05, 0) is 30.9 Å². The number of aryl methyl sites for hydroxylation is 1. The second-order valence-electron chi connectivity index (χ2n) is 5.71. The highest BCUT2D eigenvalue weighted by molar-refractivity contribution is 6.05. The SMILES string of the molecule is COC(=O)CNC(=O)COC(=O)c1c2c(nc3ccccc13)CCC2. The van der Waals surface area contributed by atoms with Crippen molar-refractivity contribution in [3.05, 3.63) is 41.1 Å². The number of esters is 2. The number of fused-ring (bicyclic) bond motifs is 2. The van der Waals surface area contributed by atoms with Gasteiger partial charge in [-0.25, -0.2) is 4.79 Å². The van der Waals surface area contributed by atoms with E-state index in [4.69, 9.17) is 4.74 Å². The molecule has 0 bridgehead atoms. The predicted molar refractivity (Wildman–Crippen MR) is 89.1 cm³/mol. The first-order chi connectivity index (χ1) is 12.1. The lowest BCUT2D eigenvalue weighted by molar-refractivity contribution is -0.141. The molecule has 1 N–H and O–H groups in total. The molecule has 25 heavy (non-hydrogen) atoms. The lowest BCUT2D eigenvalue weighted by atomic mass is 10.0. The van der Waals surface area contributed by atoms with Crippen molar-refractivity contribution in [2.75, 3.05) is 20.3 Å². The molecular weight excluding hydrogens is 324 g/mol. The van der Waals surface area contributed by atoms with Gasteiger partial charge in [0.1, 0.15) is 6.54 Å². The van der Waals surface area contributed by atoms with Gasteiger partial charge in [-0.1, -0.05) is 18.2 Å². The number of nitrogens with zero attached hydrogens (tertiary/aromatic N) is 1. The maximum absolute atomic E-state index is 12.6. The molecule has 1 aliphatic rings. The van der Waals surface area contributed by atoms with E-state index in [1.807, 2.05) is 24.3 Å². The molecule has 3 rings (SSSR count). The summed E-state index contributed by atoms with van der Waals surface area (Å²) in [4.78, 5) is 39.9. The van der Waals surface area contributed by atoms with Crippen LogP contribution in [0.25, 0.3) is 10.9 Å². The van der Waals surface area contributed by atoms with Crippen LogP contribution in [0, 0.1) is 0 Å². The molecule has 1 aromatic heterocycles. The highest BCUT2D eigenvalue weighted by Gasteiger charge is 2.25. The van der Waals surface area contributed by atoms with Crippen LogP contribution in [0.4, 0.5) is 0 Å². The van der Waals surface area contributed by atoms with Crippen molar-refractivity contribution < 1.29 is 23.9 Å². The number of hydrogen-bond donors (Lipinski definition) is 1. The molecule has 7 nitrogen and oxygen atoms in total. The van der Waals surface area contributed by atoms with Crippen LogP contribution in [0.5, 0.6) is 0 Å². The Hall–Kier alpha value is -2.96. The van der Waals surface area contributed by atoms with E-state index in [2.05, 4.69) is 15.0 Å². The molecule has 1 amide bonds. The van der Waals surface area contributed by atoms with Crippen molar-refractivity contribution >= 4 is 28.7 Å². The van der Waals surface area contributed by atoms with Gasteiger partial charge in [0.05, 0.1) is 18.2 Å². The van der Waals surface area contributed by atoms with E-state index in [1.165, 1.54) is 7.11 Å². The average molecular weight is 342 g/mol. The number of benzene rings is 1. The van der Waals surface area contributed by atoms with Crippen LogP contribution in [0.1, 0.15) is 28.0 Å². The molecule has 2 aromatic rings. The molecular formula is C18H18N2O5. The van der Waals surface area contributed by atoms with Crippen LogP contribution in [-0.4, -0.2) is 43.1 Å². The highest BCUT2D eigenvalue weighted by Crippen LogP contribution is 2.30. The summed E-state index contributed by atoms with van der Waals surface area (Å²) < 4.78 is 9.58. The number of para-hydroxylation sites is 1. The Bertz CT molecular complexity index is 847. The minimum atomic E-state index is -0.572. The Balaban J connectivity index is 1.76. The van der Waals surface area contributed by atoms with Crippen molar-refractivity contribution in [3.8, 4) is 0 Å². The zero-order valence-corrected chi connectivity index (χ0v) is 13.8. The van der Waals surface area contributed by atoms with Gasteiger partial charge in [-0.15, -0.1) is 0 Å². The summed E-state index contributed by atoms with van der Waals surface area (Å²) in [5.41, 5.74) is 3.04. The minimum absolute atomic E-state index is 0.263. The summed E-state index contributed by atoms with van der Waals surface area (Å²) in [7, 11) is 1.23. The maximum Gasteiger partial charge on any atom is 0.339 e. The first-order valence-corrected chi connectivity index (χ1v) is 8.01. The molecule has 0 aliphatic heterocycles. The zero-order valence-electron chi connectivity index (χ0n) is 13.8. The van der Waals surface area contributed by atoms with Crippen LogP contribution in [0.3, 0.4) is 0 Å². The molecule has 1 heterocycles. The van der Waals surface area contributed by atoms with Crippen molar-refractivity contribution in [1.29, 1.82) is 0 Å². The highest BCUT2D eigenvalue weighted by atomic mass is 16.5. The largest absolute Gasteiger partial charge is 0.468 e. The third-order valence-electron chi connectivity index (χ3n) is 4.12. The molecule has 7 heteroatoms. The summed E-state index contributed by atoms with van der Waals surface area (Å²) in [6.07, 6.45) is 2.55. The smallest absolute Gasteiger partial charge is 0.339 e. The summed E-state index contributed by atoms with van der Waals surface area (Å²) in [5, 5.41) is 3.05. The zero-order chi connectivity index (χ0) is 17.8. The Morgan fingerprint density at radius 2 is 2.00 bits per heavy atom. The van der Waals surface area contributed by atoms with Gasteiger partial charge in [-0.3, -0.25) is 14.6 Å². The number of ether oxygens (including phenoxy) is 2. The van der Waals surface area contributed by atoms with Gasteiger partial charge in [0.25, 0.3) is 5.91 Å². The molecule has 0 fully saturated rings. The second kappa shape index (κ2) is 7.29. The fraction of sp³-hybridized carbons (Fsp3) is 0.333. The number of amides is 1. The van der Waals surface area contributed by atoms with Crippen LogP contribution < -0.4 is 5.32 Å². The number of carbonyl (C=O) groups is 3. The number of methoxy groups -OCH3 is 1. The molecule has 0 unspecified atom stereocenters. The Morgan fingerprint density at radius 1 is 1.20 bits per heavy atom. The van der Waals surface area contributed by atoms with Gasteiger partial charge < -0.3 is 14.8 Å². The van der Waals surface area contributed by atoms with E-state index < -0.39 is 24.5 Å². The average Bonchev–Trinajstić information content (AvgIpc) is 3.09. The number of hydrogen-bond acceptors (Lipinski definition) is 6. The number of nitrogens with one attached hydrogen (secondary N) is 1. The van der Waals surface area contributed by atoms with E-state index in [-0.39, 0.29) is 6.54 Å². The van der Waals surface area contributed by atoms with E-state index in [1.54, 1.807) is 0 Å². The van der Waals surface area contributed by atoms with Gasteiger partial charge in [0, 0.05) is 11.1 Å². The fourth-order valence-electron chi connectivity index (χ4n) is 2.94. The van der Waals surface area contributed by atoms with Crippen LogP contribution in [0.15, 0.2) is 24.3 Å². The molecule has 0 spiro atoms. The van der Waals surface area contributed by atoms with Crippen LogP contribution in [-0.2, 0) is 31.9 Å². The molecule has 1 aliphatic carbocycles. The van der Waals surface area contributed by atoms with Crippen molar-refractivity contribution in [2.24, 2.45) is 0 Å². The molecule has 1 aromatic carbocycles. The number of aromatic nitrogens is 1. The monoisotopic (exact) mass is 342 g/mol. The summed E-state index contributed by atoms with van der Waals surface area (Å²) in [5.74, 6) is -1.68. The quantitative estimate of drug-likeness (QED) is 0.820. The van der Waals surface area contributed by atoms with Gasteiger partial charge in [0.15, 0.2) is 6.61 Å². The van der Waals surface area contributed by atoms with Crippen molar-refractivity contribution in [2.45, 2.75) is 19.3 Å². The van der Waals surface area contributed by atoms with E-state index in [0.717, 1.165) is 41.4 Å². The van der Waals surface area contributed by atoms with Gasteiger partial charge >= 0.3 is 11.9 Å². The lowest BCUT2D eigenvalue weighted by Gasteiger charge is -2.12. The second-order valence-corrected chi connectivity index (χ2v) is 5.71. The normalized spacial score (nSPS) is 12.5. The third-order valence-corrected chi connectivity index (χ3v) is 4.12. The maximum atomic E-state index is 12.6. The molecule has 0 radical (unpaired) electrons. The molecule has 130 valence electrons. The lowest BCUT2D eigenvalue weighted by Crippen LogP contribution is -2.33. The number of carbonyl (C=O) groups excluding carboxylic acids is 3. The summed E-state index contributed by atoms with van der Waals surface area (Å²) >= 11 is 0. The summed E-state index contributed by atoms with van der Waals surface area (Å²) in [6.45, 7) is -0.721. The van der Waals surface area contributed by atoms with Gasteiger partial charge in [-0.2, -0.15) is 0 Å². The first kappa shape index (κ1) is 16.9. The third kappa shape index (κ3) is 3.60. The van der Waals surface area contributed by atoms with Gasteiger partial charge in [0.2, 0.25) is 0 Å². The van der Waals surface area contributed by atoms with Crippen molar-refractivity contribution in [3.63, 3.8) is 0 Å². The summed E-state index contributed by atoms with van der Waals surface area (Å²) in [6, 6.07) is 7.39. The van der Waals surface area contributed by atoms with Crippen LogP contribution >= 0.6 is 0 Å². The Labute approximate surface area is 144 Å². The first-order valence-electron chi connectivity index (χ1n) is 8.01. The topological polar surface area (TPSA) is 94.6 Å². The predicted octanol–water partition coefficient (Wildman–Crippen LogP) is 1.17. The molecule has 0 saturated carbocycles. The fourth-order valence-corrected chi connectivity index (χ4v) is 2.94. The molecule has 0 atom stereocenters. The van der Waals surface area contributed by atoms with E-state index >= 15 is 0 Å².